The van der Waals surface area contributed by atoms with Crippen LogP contribution in [-0.4, -0.2) is 27.5 Å². The van der Waals surface area contributed by atoms with E-state index in [1.807, 2.05) is 67.6 Å². The second kappa shape index (κ2) is 11.2. The summed E-state index contributed by atoms with van der Waals surface area (Å²) in [6.07, 6.45) is 2.17. The Hall–Kier alpha value is -4.65. The largest absolute Gasteiger partial charge is 0.508 e. The highest BCUT2D eigenvalue weighted by atomic mass is 16.4. The number of carbonyl (C=O) groups excluding carboxylic acids is 2. The smallest absolute Gasteiger partial charge is 0.290 e. The molecular weight excluding hydrogens is 478 g/mol. The summed E-state index contributed by atoms with van der Waals surface area (Å²) in [4.78, 5) is 28.2. The number of amides is 2. The molecular formula is C31H29N3O4. The highest BCUT2D eigenvalue weighted by molar-refractivity contribution is 6.07. The minimum absolute atomic E-state index is 0.0876. The number of aryl methyl sites for hydroxylation is 1. The van der Waals surface area contributed by atoms with E-state index in [9.17, 15) is 14.7 Å². The minimum Gasteiger partial charge on any atom is -0.508 e. The summed E-state index contributed by atoms with van der Waals surface area (Å²) in [6, 6.07) is 25.8. The number of nitrogens with one attached hydrogen (secondary N) is 1. The van der Waals surface area contributed by atoms with Crippen LogP contribution in [0.4, 0.5) is 0 Å². The van der Waals surface area contributed by atoms with Gasteiger partial charge in [0.15, 0.2) is 5.76 Å². The fourth-order valence-electron chi connectivity index (χ4n) is 4.73. The van der Waals surface area contributed by atoms with E-state index in [4.69, 9.17) is 4.42 Å². The Morgan fingerprint density at radius 3 is 2.11 bits per heavy atom. The molecule has 7 heteroatoms. The first kappa shape index (κ1) is 25.0. The molecule has 0 unspecified atom stereocenters. The third kappa shape index (κ3) is 5.52. The molecule has 1 heterocycles. The van der Waals surface area contributed by atoms with Crippen LogP contribution in [0.1, 0.15) is 61.8 Å². The number of benzene rings is 3. The van der Waals surface area contributed by atoms with Crippen LogP contribution in [0.15, 0.2) is 94.4 Å². The van der Waals surface area contributed by atoms with Gasteiger partial charge in [-0.05, 0) is 55.2 Å². The number of phenols is 1. The topological polar surface area (TPSA) is 95.1 Å². The van der Waals surface area contributed by atoms with Crippen molar-refractivity contribution in [3.05, 3.63) is 124 Å². The van der Waals surface area contributed by atoms with Crippen molar-refractivity contribution < 1.29 is 19.1 Å². The Morgan fingerprint density at radius 1 is 0.895 bits per heavy atom. The Morgan fingerprint density at radius 2 is 1.50 bits per heavy atom. The summed E-state index contributed by atoms with van der Waals surface area (Å²) < 4.78 is 6.18. The average molecular weight is 508 g/mol. The lowest BCUT2D eigenvalue weighted by Crippen LogP contribution is -2.30. The van der Waals surface area contributed by atoms with E-state index in [2.05, 4.69) is 10.5 Å². The molecule has 2 N–H and O–H groups in total. The van der Waals surface area contributed by atoms with Crippen molar-refractivity contribution in [1.82, 2.24) is 10.3 Å². The van der Waals surface area contributed by atoms with Crippen LogP contribution >= 0.6 is 0 Å². The summed E-state index contributed by atoms with van der Waals surface area (Å²) in [5.74, 6) is 0.552. The van der Waals surface area contributed by atoms with Gasteiger partial charge in [0, 0.05) is 36.2 Å². The van der Waals surface area contributed by atoms with Crippen molar-refractivity contribution in [3.8, 4) is 5.75 Å². The molecule has 1 aliphatic rings. The summed E-state index contributed by atoms with van der Waals surface area (Å²) in [7, 11) is 0. The van der Waals surface area contributed by atoms with Crippen molar-refractivity contribution in [2.45, 2.75) is 39.3 Å². The molecule has 1 aliphatic carbocycles. The molecule has 0 spiro atoms. The van der Waals surface area contributed by atoms with Gasteiger partial charge in [0.1, 0.15) is 11.5 Å². The van der Waals surface area contributed by atoms with Crippen LogP contribution in [-0.2, 0) is 19.5 Å². The van der Waals surface area contributed by atoms with Gasteiger partial charge in [-0.1, -0.05) is 60.7 Å². The highest BCUT2D eigenvalue weighted by Crippen LogP contribution is 2.31. The SMILES string of the molecule is Cc1c(C(=O)N(Cc2ccccc2)Cc2ccccc2)oc2c1/C(=N/NC(=O)c1ccc(O)cc1)CCC2. The summed E-state index contributed by atoms with van der Waals surface area (Å²) in [5.41, 5.74) is 7.28. The fraction of sp³-hybridized carbons (Fsp3) is 0.194. The van der Waals surface area contributed by atoms with Gasteiger partial charge in [0.25, 0.3) is 11.8 Å². The highest BCUT2D eigenvalue weighted by Gasteiger charge is 2.30. The van der Waals surface area contributed by atoms with E-state index in [-0.39, 0.29) is 17.6 Å². The van der Waals surface area contributed by atoms with Crippen molar-refractivity contribution in [2.75, 3.05) is 0 Å². The number of rotatable bonds is 7. The molecule has 0 aliphatic heterocycles. The van der Waals surface area contributed by atoms with E-state index in [0.29, 0.717) is 48.7 Å². The first-order valence-corrected chi connectivity index (χ1v) is 12.7. The second-order valence-corrected chi connectivity index (χ2v) is 9.39. The number of hydrazone groups is 1. The molecule has 0 saturated carbocycles. The third-order valence-corrected chi connectivity index (χ3v) is 6.66. The van der Waals surface area contributed by atoms with Gasteiger partial charge in [-0.15, -0.1) is 0 Å². The Kier molecular flexibility index (Phi) is 7.35. The third-order valence-electron chi connectivity index (χ3n) is 6.66. The van der Waals surface area contributed by atoms with E-state index >= 15 is 0 Å². The molecule has 38 heavy (non-hydrogen) atoms. The van der Waals surface area contributed by atoms with Crippen LogP contribution in [0.5, 0.6) is 5.75 Å². The number of phenolic OH excluding ortho intramolecular Hbond substituents is 1. The van der Waals surface area contributed by atoms with E-state index in [0.717, 1.165) is 28.7 Å². The molecule has 0 bridgehead atoms. The van der Waals surface area contributed by atoms with Crippen LogP contribution in [0.25, 0.3) is 0 Å². The lowest BCUT2D eigenvalue weighted by molar-refractivity contribution is 0.0694. The Labute approximate surface area is 221 Å². The lowest BCUT2D eigenvalue weighted by atomic mass is 9.93. The van der Waals surface area contributed by atoms with E-state index in [1.165, 1.54) is 24.3 Å². The Bertz CT molecular complexity index is 1420. The molecule has 192 valence electrons. The molecule has 7 nitrogen and oxygen atoms in total. The summed E-state index contributed by atoms with van der Waals surface area (Å²) in [5, 5.41) is 13.9. The number of hydrogen-bond acceptors (Lipinski definition) is 5. The second-order valence-electron chi connectivity index (χ2n) is 9.39. The monoisotopic (exact) mass is 507 g/mol. The molecule has 3 aromatic carbocycles. The van der Waals surface area contributed by atoms with E-state index < -0.39 is 0 Å². The van der Waals surface area contributed by atoms with Crippen molar-refractivity contribution in [1.29, 1.82) is 0 Å². The standard InChI is InChI=1S/C31H29N3O4/c1-21-28-26(32-33-30(36)24-15-17-25(35)18-16-24)13-8-14-27(28)38-29(21)31(37)34(19-22-9-4-2-5-10-22)20-23-11-6-3-7-12-23/h2-7,9-12,15-18,35H,8,13-14,19-20H2,1H3,(H,33,36)/b32-26+. The zero-order valence-electron chi connectivity index (χ0n) is 21.2. The zero-order chi connectivity index (χ0) is 26.5. The van der Waals surface area contributed by atoms with Crippen LogP contribution in [0.3, 0.4) is 0 Å². The molecule has 2 amide bonds. The first-order chi connectivity index (χ1) is 18.5. The van der Waals surface area contributed by atoms with Gasteiger partial charge in [-0.2, -0.15) is 5.10 Å². The maximum absolute atomic E-state index is 13.9. The number of furan rings is 1. The molecule has 0 radical (unpaired) electrons. The van der Waals surface area contributed by atoms with Gasteiger partial charge >= 0.3 is 0 Å². The van der Waals surface area contributed by atoms with Crippen molar-refractivity contribution in [3.63, 3.8) is 0 Å². The van der Waals surface area contributed by atoms with Crippen LogP contribution in [0.2, 0.25) is 0 Å². The number of aromatic hydroxyl groups is 1. The maximum Gasteiger partial charge on any atom is 0.290 e. The summed E-state index contributed by atoms with van der Waals surface area (Å²) in [6.45, 7) is 2.77. The zero-order valence-corrected chi connectivity index (χ0v) is 21.2. The fourth-order valence-corrected chi connectivity index (χ4v) is 4.73. The summed E-state index contributed by atoms with van der Waals surface area (Å²) >= 11 is 0. The number of carbonyl (C=O) groups is 2. The van der Waals surface area contributed by atoms with Gasteiger partial charge in [0.2, 0.25) is 0 Å². The Balaban J connectivity index is 1.42. The van der Waals surface area contributed by atoms with Gasteiger partial charge in [-0.3, -0.25) is 9.59 Å². The van der Waals surface area contributed by atoms with E-state index in [1.54, 1.807) is 4.90 Å². The lowest BCUT2D eigenvalue weighted by Gasteiger charge is -2.22. The maximum atomic E-state index is 13.9. The molecule has 0 fully saturated rings. The number of nitrogens with zero attached hydrogens (tertiary/aromatic N) is 2. The van der Waals surface area contributed by atoms with Crippen LogP contribution < -0.4 is 5.43 Å². The quantitative estimate of drug-likeness (QED) is 0.318. The van der Waals surface area contributed by atoms with Crippen molar-refractivity contribution >= 4 is 17.5 Å². The number of hydrogen-bond donors (Lipinski definition) is 2. The van der Waals surface area contributed by atoms with Gasteiger partial charge in [-0.25, -0.2) is 5.43 Å². The van der Waals surface area contributed by atoms with Crippen LogP contribution in [0, 0.1) is 6.92 Å². The molecule has 1 aromatic heterocycles. The molecule has 4 aromatic rings. The number of fused-ring (bicyclic) bond motifs is 1. The predicted molar refractivity (Wildman–Crippen MR) is 145 cm³/mol. The van der Waals surface area contributed by atoms with Gasteiger partial charge in [0.05, 0.1) is 5.71 Å². The molecule has 5 rings (SSSR count). The molecule has 0 atom stereocenters. The first-order valence-electron chi connectivity index (χ1n) is 12.7. The molecule has 0 saturated heterocycles. The average Bonchev–Trinajstić information content (AvgIpc) is 3.29. The predicted octanol–water partition coefficient (Wildman–Crippen LogP) is 5.61. The minimum atomic E-state index is -0.376. The van der Waals surface area contributed by atoms with Gasteiger partial charge < -0.3 is 14.4 Å². The van der Waals surface area contributed by atoms with Crippen molar-refractivity contribution in [2.24, 2.45) is 5.10 Å². The normalized spacial score (nSPS) is 13.7.